The van der Waals surface area contributed by atoms with E-state index in [9.17, 15) is 4.79 Å². The van der Waals surface area contributed by atoms with Crippen LogP contribution in [0, 0.1) is 13.8 Å². The first-order valence-electron chi connectivity index (χ1n) is 6.95. The lowest BCUT2D eigenvalue weighted by molar-refractivity contribution is -0.0302. The van der Waals surface area contributed by atoms with Crippen molar-refractivity contribution in [3.8, 4) is 0 Å². The zero-order valence-corrected chi connectivity index (χ0v) is 12.2. The van der Waals surface area contributed by atoms with Gasteiger partial charge in [0.05, 0.1) is 37.3 Å². The third-order valence-electron chi connectivity index (χ3n) is 3.66. The number of hydrogen-bond acceptors (Lipinski definition) is 5. The molecule has 1 aliphatic rings. The summed E-state index contributed by atoms with van der Waals surface area (Å²) in [4.78, 5) is 14.4. The summed E-state index contributed by atoms with van der Waals surface area (Å²) >= 11 is 0. The molecule has 7 nitrogen and oxygen atoms in total. The van der Waals surface area contributed by atoms with Crippen molar-refractivity contribution in [1.29, 1.82) is 0 Å². The van der Waals surface area contributed by atoms with E-state index in [0.717, 1.165) is 5.56 Å². The van der Waals surface area contributed by atoms with Crippen LogP contribution < -0.4 is 0 Å². The Morgan fingerprint density at radius 1 is 1.48 bits per heavy atom. The predicted molar refractivity (Wildman–Crippen MR) is 73.8 cm³/mol. The van der Waals surface area contributed by atoms with E-state index in [2.05, 4.69) is 10.3 Å². The smallest absolute Gasteiger partial charge is 0.257 e. The SMILES string of the molecule is Cc1coc(C)c1C(=O)N1CCOC(Cn2ccnn2)C1. The highest BCUT2D eigenvalue weighted by atomic mass is 16.5. The van der Waals surface area contributed by atoms with Gasteiger partial charge in [-0.2, -0.15) is 0 Å². The van der Waals surface area contributed by atoms with Crippen molar-refractivity contribution in [2.75, 3.05) is 19.7 Å². The van der Waals surface area contributed by atoms with Crippen LogP contribution in [0.1, 0.15) is 21.7 Å². The largest absolute Gasteiger partial charge is 0.469 e. The number of morpholine rings is 1. The fourth-order valence-corrected chi connectivity index (χ4v) is 2.60. The highest BCUT2D eigenvalue weighted by molar-refractivity contribution is 5.96. The topological polar surface area (TPSA) is 73.4 Å². The summed E-state index contributed by atoms with van der Waals surface area (Å²) in [5, 5.41) is 7.70. The van der Waals surface area contributed by atoms with Crippen molar-refractivity contribution in [1.82, 2.24) is 19.9 Å². The van der Waals surface area contributed by atoms with Gasteiger partial charge in [0.25, 0.3) is 5.91 Å². The lowest BCUT2D eigenvalue weighted by atomic mass is 10.1. The molecule has 3 rings (SSSR count). The van der Waals surface area contributed by atoms with Gasteiger partial charge in [-0.15, -0.1) is 5.10 Å². The second-order valence-electron chi connectivity index (χ2n) is 5.22. The molecule has 3 heterocycles. The van der Waals surface area contributed by atoms with E-state index in [1.54, 1.807) is 23.3 Å². The van der Waals surface area contributed by atoms with Crippen LogP contribution in [-0.4, -0.2) is 51.6 Å². The molecule has 21 heavy (non-hydrogen) atoms. The maximum atomic E-state index is 12.6. The molecule has 1 atom stereocenters. The maximum Gasteiger partial charge on any atom is 0.257 e. The number of rotatable bonds is 3. The fraction of sp³-hybridized carbons (Fsp3) is 0.500. The van der Waals surface area contributed by atoms with Gasteiger partial charge in [-0.1, -0.05) is 5.21 Å². The van der Waals surface area contributed by atoms with E-state index in [4.69, 9.17) is 9.15 Å². The normalized spacial score (nSPS) is 19.0. The van der Waals surface area contributed by atoms with Crippen molar-refractivity contribution in [3.63, 3.8) is 0 Å². The number of furan rings is 1. The summed E-state index contributed by atoms with van der Waals surface area (Å²) < 4.78 is 12.7. The van der Waals surface area contributed by atoms with Crippen LogP contribution in [0.4, 0.5) is 0 Å². The number of nitrogens with zero attached hydrogens (tertiary/aromatic N) is 4. The molecule has 1 unspecified atom stereocenters. The summed E-state index contributed by atoms with van der Waals surface area (Å²) in [7, 11) is 0. The Bertz CT molecular complexity index is 601. The Kier molecular flexibility index (Phi) is 3.74. The van der Waals surface area contributed by atoms with Gasteiger partial charge in [-0.05, 0) is 13.8 Å². The van der Waals surface area contributed by atoms with E-state index >= 15 is 0 Å². The van der Waals surface area contributed by atoms with Gasteiger partial charge < -0.3 is 14.1 Å². The van der Waals surface area contributed by atoms with E-state index in [-0.39, 0.29) is 12.0 Å². The quantitative estimate of drug-likeness (QED) is 0.844. The first-order valence-corrected chi connectivity index (χ1v) is 6.95. The van der Waals surface area contributed by atoms with Crippen LogP contribution >= 0.6 is 0 Å². The Labute approximate surface area is 122 Å². The monoisotopic (exact) mass is 290 g/mol. The number of amides is 1. The van der Waals surface area contributed by atoms with Crippen LogP contribution in [0.15, 0.2) is 23.1 Å². The molecule has 1 fully saturated rings. The molecule has 1 aliphatic heterocycles. The van der Waals surface area contributed by atoms with Crippen molar-refractivity contribution < 1.29 is 13.9 Å². The molecule has 2 aromatic rings. The molecule has 0 spiro atoms. The van der Waals surface area contributed by atoms with Gasteiger partial charge in [0, 0.05) is 24.8 Å². The third-order valence-corrected chi connectivity index (χ3v) is 3.66. The molecular weight excluding hydrogens is 272 g/mol. The second kappa shape index (κ2) is 5.69. The highest BCUT2D eigenvalue weighted by Gasteiger charge is 2.28. The number of carbonyl (C=O) groups is 1. The summed E-state index contributed by atoms with van der Waals surface area (Å²) in [6, 6.07) is 0. The molecule has 0 N–H and O–H groups in total. The Morgan fingerprint density at radius 3 is 3.00 bits per heavy atom. The standard InChI is InChI=1S/C14H18N4O3/c1-10-9-21-11(2)13(10)14(19)17-5-6-20-12(7-17)8-18-4-3-15-16-18/h3-4,9,12H,5-8H2,1-2H3. The fourth-order valence-electron chi connectivity index (χ4n) is 2.60. The van der Waals surface area contributed by atoms with Gasteiger partial charge >= 0.3 is 0 Å². The maximum absolute atomic E-state index is 12.6. The van der Waals surface area contributed by atoms with Crippen molar-refractivity contribution in [3.05, 3.63) is 35.5 Å². The number of ether oxygens (including phenoxy) is 1. The minimum Gasteiger partial charge on any atom is -0.469 e. The second-order valence-corrected chi connectivity index (χ2v) is 5.22. The number of carbonyl (C=O) groups excluding carboxylic acids is 1. The average molecular weight is 290 g/mol. The van der Waals surface area contributed by atoms with Crippen LogP contribution in [-0.2, 0) is 11.3 Å². The van der Waals surface area contributed by atoms with E-state index in [1.165, 1.54) is 0 Å². The first-order chi connectivity index (χ1) is 10.1. The summed E-state index contributed by atoms with van der Waals surface area (Å²) in [6.07, 6.45) is 4.96. The molecule has 1 saturated heterocycles. The van der Waals surface area contributed by atoms with Crippen molar-refractivity contribution >= 4 is 5.91 Å². The summed E-state index contributed by atoms with van der Waals surface area (Å²) in [5.41, 5.74) is 1.54. The predicted octanol–water partition coefficient (Wildman–Crippen LogP) is 1.03. The van der Waals surface area contributed by atoms with E-state index < -0.39 is 0 Å². The zero-order chi connectivity index (χ0) is 14.8. The lowest BCUT2D eigenvalue weighted by Crippen LogP contribution is -2.47. The number of hydrogen-bond donors (Lipinski definition) is 0. The van der Waals surface area contributed by atoms with Gasteiger partial charge in [-0.25, -0.2) is 4.68 Å². The van der Waals surface area contributed by atoms with Crippen LogP contribution in [0.5, 0.6) is 0 Å². The zero-order valence-electron chi connectivity index (χ0n) is 12.2. The number of aryl methyl sites for hydroxylation is 2. The summed E-state index contributed by atoms with van der Waals surface area (Å²) in [6.45, 7) is 5.96. The molecular formula is C14H18N4O3. The van der Waals surface area contributed by atoms with Crippen LogP contribution in [0.25, 0.3) is 0 Å². The van der Waals surface area contributed by atoms with E-state index in [1.807, 2.05) is 18.7 Å². The molecule has 0 radical (unpaired) electrons. The van der Waals surface area contributed by atoms with Gasteiger partial charge in [-0.3, -0.25) is 4.79 Å². The van der Waals surface area contributed by atoms with Crippen LogP contribution in [0.2, 0.25) is 0 Å². The van der Waals surface area contributed by atoms with Gasteiger partial charge in [0.15, 0.2) is 0 Å². The highest BCUT2D eigenvalue weighted by Crippen LogP contribution is 2.19. The molecule has 0 bridgehead atoms. The Balaban J connectivity index is 1.69. The van der Waals surface area contributed by atoms with Crippen LogP contribution in [0.3, 0.4) is 0 Å². The minimum atomic E-state index is -0.0723. The van der Waals surface area contributed by atoms with Crippen molar-refractivity contribution in [2.45, 2.75) is 26.5 Å². The Hall–Kier alpha value is -2.15. The third kappa shape index (κ3) is 2.82. The first kappa shape index (κ1) is 13.8. The molecule has 112 valence electrons. The number of aromatic nitrogens is 3. The average Bonchev–Trinajstić information content (AvgIpc) is 3.09. The minimum absolute atomic E-state index is 0.00522. The Morgan fingerprint density at radius 2 is 2.33 bits per heavy atom. The molecule has 0 aliphatic carbocycles. The molecule has 0 saturated carbocycles. The van der Waals surface area contributed by atoms with Gasteiger partial charge in [0.1, 0.15) is 5.76 Å². The summed E-state index contributed by atoms with van der Waals surface area (Å²) in [5.74, 6) is 0.669. The van der Waals surface area contributed by atoms with E-state index in [0.29, 0.717) is 37.6 Å². The molecule has 0 aromatic carbocycles. The molecule has 2 aromatic heterocycles. The molecule has 1 amide bonds. The van der Waals surface area contributed by atoms with Gasteiger partial charge in [0.2, 0.25) is 0 Å². The lowest BCUT2D eigenvalue weighted by Gasteiger charge is -2.32. The molecule has 7 heteroatoms. The van der Waals surface area contributed by atoms with Crippen molar-refractivity contribution in [2.24, 2.45) is 0 Å².